The van der Waals surface area contributed by atoms with Crippen LogP contribution in [-0.4, -0.2) is 25.0 Å². The van der Waals surface area contributed by atoms with Crippen molar-refractivity contribution in [2.45, 2.75) is 19.9 Å². The lowest BCUT2D eigenvalue weighted by molar-refractivity contribution is 0.0741. The van der Waals surface area contributed by atoms with Crippen LogP contribution in [0.4, 0.5) is 5.69 Å². The third-order valence-corrected chi connectivity index (χ3v) is 4.70. The number of nitrogens with zero attached hydrogens (tertiary/aromatic N) is 1. The van der Waals surface area contributed by atoms with Gasteiger partial charge in [-0.1, -0.05) is 0 Å². The zero-order chi connectivity index (χ0) is 15.6. The van der Waals surface area contributed by atoms with E-state index in [2.05, 4.69) is 19.1 Å². The molecule has 1 atom stereocenters. The van der Waals surface area contributed by atoms with Gasteiger partial charge in [-0.25, -0.2) is 0 Å². The summed E-state index contributed by atoms with van der Waals surface area (Å²) in [6, 6.07) is 9.23. The fourth-order valence-corrected chi connectivity index (χ4v) is 3.09. The molecule has 112 valence electrons. The standard InChI is InChI=1S/C16H20N2O2S/c1-10-5-8-15(21-10)11(2)18(3)16(19)13-7-6-12(17)9-14(13)20-4/h5-9,11H,17H2,1-4H3. The molecule has 0 spiro atoms. The highest BCUT2D eigenvalue weighted by Crippen LogP contribution is 2.29. The molecule has 21 heavy (non-hydrogen) atoms. The summed E-state index contributed by atoms with van der Waals surface area (Å²) in [5.41, 5.74) is 6.83. The van der Waals surface area contributed by atoms with Crippen molar-refractivity contribution in [1.29, 1.82) is 0 Å². The van der Waals surface area contributed by atoms with E-state index in [9.17, 15) is 4.79 Å². The Kier molecular flexibility index (Phi) is 4.53. The third-order valence-electron chi connectivity index (χ3n) is 3.53. The number of nitrogen functional groups attached to an aromatic ring is 1. The summed E-state index contributed by atoms with van der Waals surface area (Å²) in [7, 11) is 3.34. The van der Waals surface area contributed by atoms with Gasteiger partial charge in [0.2, 0.25) is 0 Å². The summed E-state index contributed by atoms with van der Waals surface area (Å²) in [4.78, 5) is 16.8. The highest BCUT2D eigenvalue weighted by Gasteiger charge is 2.22. The molecule has 1 aromatic carbocycles. The lowest BCUT2D eigenvalue weighted by Gasteiger charge is -2.25. The number of thiophene rings is 1. The largest absolute Gasteiger partial charge is 0.496 e. The number of hydrogen-bond acceptors (Lipinski definition) is 4. The topological polar surface area (TPSA) is 55.6 Å². The van der Waals surface area contributed by atoms with Crippen LogP contribution in [0.15, 0.2) is 30.3 Å². The number of benzene rings is 1. The number of hydrogen-bond donors (Lipinski definition) is 1. The molecule has 0 radical (unpaired) electrons. The highest BCUT2D eigenvalue weighted by molar-refractivity contribution is 7.12. The van der Waals surface area contributed by atoms with Gasteiger partial charge in [-0.2, -0.15) is 0 Å². The van der Waals surface area contributed by atoms with E-state index < -0.39 is 0 Å². The monoisotopic (exact) mass is 304 g/mol. The molecule has 4 nitrogen and oxygen atoms in total. The molecule has 0 aliphatic heterocycles. The molecule has 0 aliphatic rings. The number of carbonyl (C=O) groups excluding carboxylic acids is 1. The van der Waals surface area contributed by atoms with Gasteiger partial charge in [0.25, 0.3) is 5.91 Å². The van der Waals surface area contributed by atoms with Gasteiger partial charge in [-0.05, 0) is 38.1 Å². The molecular weight excluding hydrogens is 284 g/mol. The Hall–Kier alpha value is -2.01. The smallest absolute Gasteiger partial charge is 0.257 e. The number of rotatable bonds is 4. The predicted molar refractivity (Wildman–Crippen MR) is 87.0 cm³/mol. The predicted octanol–water partition coefficient (Wildman–Crippen LogP) is 3.48. The number of aryl methyl sites for hydroxylation is 1. The molecule has 1 aromatic heterocycles. The van der Waals surface area contributed by atoms with Gasteiger partial charge in [-0.3, -0.25) is 4.79 Å². The molecule has 0 saturated heterocycles. The molecule has 1 heterocycles. The van der Waals surface area contributed by atoms with E-state index in [1.54, 1.807) is 41.5 Å². The molecule has 0 aliphatic carbocycles. The van der Waals surface area contributed by atoms with Gasteiger partial charge in [0.1, 0.15) is 5.75 Å². The van der Waals surface area contributed by atoms with Crippen LogP contribution in [0.5, 0.6) is 5.75 Å². The SMILES string of the molecule is COc1cc(N)ccc1C(=O)N(C)C(C)c1ccc(C)s1. The second-order valence-electron chi connectivity index (χ2n) is 5.00. The van der Waals surface area contributed by atoms with E-state index in [1.165, 1.54) is 12.0 Å². The Balaban J connectivity index is 2.27. The molecule has 2 aromatic rings. The third kappa shape index (κ3) is 3.19. The molecule has 2 N–H and O–H groups in total. The minimum atomic E-state index is -0.0783. The van der Waals surface area contributed by atoms with Gasteiger partial charge in [0, 0.05) is 28.6 Å². The summed E-state index contributed by atoms with van der Waals surface area (Å²) in [6.07, 6.45) is 0. The van der Waals surface area contributed by atoms with E-state index in [0.717, 1.165) is 4.88 Å². The van der Waals surface area contributed by atoms with Crippen molar-refractivity contribution >= 4 is 22.9 Å². The Morgan fingerprint density at radius 2 is 2.05 bits per heavy atom. The number of methoxy groups -OCH3 is 1. The quantitative estimate of drug-likeness (QED) is 0.880. The first-order valence-electron chi connectivity index (χ1n) is 6.71. The van der Waals surface area contributed by atoms with Crippen LogP contribution < -0.4 is 10.5 Å². The summed E-state index contributed by atoms with van der Waals surface area (Å²) >= 11 is 1.70. The van der Waals surface area contributed by atoms with Crippen molar-refractivity contribution in [3.8, 4) is 5.75 Å². The Labute approximate surface area is 129 Å². The minimum absolute atomic E-state index is 0.0125. The fourth-order valence-electron chi connectivity index (χ4n) is 2.12. The van der Waals surface area contributed by atoms with E-state index in [4.69, 9.17) is 10.5 Å². The lowest BCUT2D eigenvalue weighted by atomic mass is 10.1. The molecule has 1 unspecified atom stereocenters. The highest BCUT2D eigenvalue weighted by atomic mass is 32.1. The Morgan fingerprint density at radius 3 is 2.62 bits per heavy atom. The normalized spacial score (nSPS) is 12.0. The van der Waals surface area contributed by atoms with E-state index in [-0.39, 0.29) is 11.9 Å². The van der Waals surface area contributed by atoms with Gasteiger partial charge in [0.15, 0.2) is 0 Å². The first-order valence-corrected chi connectivity index (χ1v) is 7.52. The van der Waals surface area contributed by atoms with Crippen molar-refractivity contribution in [3.63, 3.8) is 0 Å². The van der Waals surface area contributed by atoms with Crippen molar-refractivity contribution in [2.24, 2.45) is 0 Å². The Morgan fingerprint density at radius 1 is 1.33 bits per heavy atom. The molecule has 2 rings (SSSR count). The van der Waals surface area contributed by atoms with Crippen LogP contribution >= 0.6 is 11.3 Å². The molecule has 0 saturated carbocycles. The van der Waals surface area contributed by atoms with Crippen molar-refractivity contribution in [1.82, 2.24) is 4.90 Å². The van der Waals surface area contributed by atoms with Gasteiger partial charge in [0.05, 0.1) is 18.7 Å². The number of nitrogens with two attached hydrogens (primary N) is 1. The second kappa shape index (κ2) is 6.18. The Bertz CT molecular complexity index is 651. The first-order chi connectivity index (χ1) is 9.93. The maximum Gasteiger partial charge on any atom is 0.257 e. The number of ether oxygens (including phenoxy) is 1. The average molecular weight is 304 g/mol. The average Bonchev–Trinajstić information content (AvgIpc) is 2.91. The molecule has 5 heteroatoms. The van der Waals surface area contributed by atoms with Crippen molar-refractivity contribution < 1.29 is 9.53 Å². The molecule has 0 bridgehead atoms. The number of amides is 1. The van der Waals surface area contributed by atoms with Gasteiger partial charge >= 0.3 is 0 Å². The maximum absolute atomic E-state index is 12.7. The molecule has 1 amide bonds. The first kappa shape index (κ1) is 15.4. The van der Waals surface area contributed by atoms with Crippen LogP contribution in [-0.2, 0) is 0 Å². The fraction of sp³-hybridized carbons (Fsp3) is 0.312. The van der Waals surface area contributed by atoms with Crippen LogP contribution in [0, 0.1) is 6.92 Å². The zero-order valence-corrected chi connectivity index (χ0v) is 13.5. The lowest BCUT2D eigenvalue weighted by Crippen LogP contribution is -2.29. The zero-order valence-electron chi connectivity index (χ0n) is 12.7. The van der Waals surface area contributed by atoms with Crippen LogP contribution in [0.3, 0.4) is 0 Å². The van der Waals surface area contributed by atoms with Gasteiger partial charge < -0.3 is 15.4 Å². The van der Waals surface area contributed by atoms with E-state index >= 15 is 0 Å². The van der Waals surface area contributed by atoms with Gasteiger partial charge in [-0.15, -0.1) is 11.3 Å². The molecular formula is C16H20N2O2S. The van der Waals surface area contributed by atoms with Crippen LogP contribution in [0.1, 0.15) is 33.1 Å². The van der Waals surface area contributed by atoms with E-state index in [0.29, 0.717) is 17.0 Å². The summed E-state index contributed by atoms with van der Waals surface area (Å²) in [5.74, 6) is 0.423. The minimum Gasteiger partial charge on any atom is -0.496 e. The number of anilines is 1. The maximum atomic E-state index is 12.7. The van der Waals surface area contributed by atoms with Crippen molar-refractivity contribution in [2.75, 3.05) is 19.9 Å². The number of carbonyl (C=O) groups is 1. The van der Waals surface area contributed by atoms with Crippen LogP contribution in [0.2, 0.25) is 0 Å². The molecule has 0 fully saturated rings. The summed E-state index contributed by atoms with van der Waals surface area (Å²) in [6.45, 7) is 4.08. The van der Waals surface area contributed by atoms with Crippen LogP contribution in [0.25, 0.3) is 0 Å². The second-order valence-corrected chi connectivity index (χ2v) is 6.32. The summed E-state index contributed by atoms with van der Waals surface area (Å²) < 4.78 is 5.26. The van der Waals surface area contributed by atoms with Crippen molar-refractivity contribution in [3.05, 3.63) is 45.6 Å². The summed E-state index contributed by atoms with van der Waals surface area (Å²) in [5, 5.41) is 0. The van der Waals surface area contributed by atoms with E-state index in [1.807, 2.05) is 6.92 Å².